The van der Waals surface area contributed by atoms with Gasteiger partial charge in [0, 0.05) is 12.1 Å². The average Bonchev–Trinajstić information content (AvgIpc) is 2.61. The largest absolute Gasteiger partial charge is 0.497 e. The molecule has 2 rings (SSSR count). The number of carbonyl (C=O) groups is 2. The van der Waals surface area contributed by atoms with Crippen LogP contribution in [0, 0.1) is 5.92 Å². The second kappa shape index (κ2) is 8.33. The molecule has 1 N–H and O–H groups in total. The maximum atomic E-state index is 13.0. The molecule has 0 aliphatic rings. The van der Waals surface area contributed by atoms with Crippen LogP contribution in [0.25, 0.3) is 0 Å². The fourth-order valence-electron chi connectivity index (χ4n) is 2.75. The standard InChI is InChI=1S/C20H23NO4/c1-14(2)18(20(23)24)21(19(22)16-7-5-4-6-8-16)13-15-9-11-17(25-3)12-10-15/h4-12,14,18H,13H2,1-3H3,(H,23,24). The van der Waals surface area contributed by atoms with Crippen LogP contribution in [-0.2, 0) is 11.3 Å². The van der Waals surface area contributed by atoms with Crippen molar-refractivity contribution in [3.05, 3.63) is 65.7 Å². The van der Waals surface area contributed by atoms with Gasteiger partial charge in [0.1, 0.15) is 11.8 Å². The summed E-state index contributed by atoms with van der Waals surface area (Å²) in [6.45, 7) is 3.82. The lowest BCUT2D eigenvalue weighted by Crippen LogP contribution is -2.47. The normalized spacial score (nSPS) is 11.8. The van der Waals surface area contributed by atoms with E-state index >= 15 is 0 Å². The van der Waals surface area contributed by atoms with E-state index in [1.807, 2.05) is 18.2 Å². The van der Waals surface area contributed by atoms with Gasteiger partial charge in [-0.1, -0.05) is 44.2 Å². The molecule has 1 atom stereocenters. The molecule has 2 aromatic carbocycles. The van der Waals surface area contributed by atoms with Crippen molar-refractivity contribution in [1.29, 1.82) is 0 Å². The zero-order valence-corrected chi connectivity index (χ0v) is 14.7. The lowest BCUT2D eigenvalue weighted by atomic mass is 10.00. The summed E-state index contributed by atoms with van der Waals surface area (Å²) in [6, 6.07) is 15.1. The number of aliphatic carboxylic acids is 1. The van der Waals surface area contributed by atoms with Crippen molar-refractivity contribution >= 4 is 11.9 Å². The van der Waals surface area contributed by atoms with Crippen LogP contribution >= 0.6 is 0 Å². The molecule has 1 unspecified atom stereocenters. The number of benzene rings is 2. The summed E-state index contributed by atoms with van der Waals surface area (Å²) in [5.41, 5.74) is 1.32. The number of carboxylic acid groups (broad SMARTS) is 1. The van der Waals surface area contributed by atoms with Gasteiger partial charge in [0.25, 0.3) is 5.91 Å². The Morgan fingerprint density at radius 2 is 1.64 bits per heavy atom. The minimum absolute atomic E-state index is 0.215. The van der Waals surface area contributed by atoms with Crippen LogP contribution in [0.15, 0.2) is 54.6 Å². The van der Waals surface area contributed by atoms with Crippen molar-refractivity contribution in [2.45, 2.75) is 26.4 Å². The fraction of sp³-hybridized carbons (Fsp3) is 0.300. The lowest BCUT2D eigenvalue weighted by molar-refractivity contribution is -0.144. The van der Waals surface area contributed by atoms with Crippen molar-refractivity contribution in [3.8, 4) is 5.75 Å². The third-order valence-corrected chi connectivity index (χ3v) is 4.01. The zero-order chi connectivity index (χ0) is 18.4. The van der Waals surface area contributed by atoms with Crippen molar-refractivity contribution in [1.82, 2.24) is 4.90 Å². The molecular formula is C20H23NO4. The second-order valence-electron chi connectivity index (χ2n) is 6.17. The maximum Gasteiger partial charge on any atom is 0.326 e. The van der Waals surface area contributed by atoms with Crippen molar-refractivity contribution in [3.63, 3.8) is 0 Å². The minimum Gasteiger partial charge on any atom is -0.497 e. The Balaban J connectivity index is 2.36. The average molecular weight is 341 g/mol. The van der Waals surface area contributed by atoms with E-state index in [-0.39, 0.29) is 18.4 Å². The minimum atomic E-state index is -1.01. The topological polar surface area (TPSA) is 66.8 Å². The molecule has 5 heteroatoms. The monoisotopic (exact) mass is 341 g/mol. The van der Waals surface area contributed by atoms with E-state index in [9.17, 15) is 14.7 Å². The highest BCUT2D eigenvalue weighted by Gasteiger charge is 2.32. The summed E-state index contributed by atoms with van der Waals surface area (Å²) >= 11 is 0. The van der Waals surface area contributed by atoms with Gasteiger partial charge >= 0.3 is 5.97 Å². The van der Waals surface area contributed by atoms with Crippen LogP contribution in [0.2, 0.25) is 0 Å². The highest BCUT2D eigenvalue weighted by Crippen LogP contribution is 2.20. The van der Waals surface area contributed by atoms with Crippen LogP contribution < -0.4 is 4.74 Å². The molecule has 0 aromatic heterocycles. The maximum absolute atomic E-state index is 13.0. The molecule has 0 saturated carbocycles. The molecule has 0 heterocycles. The Morgan fingerprint density at radius 3 is 2.12 bits per heavy atom. The summed E-state index contributed by atoms with van der Waals surface area (Å²) < 4.78 is 5.14. The van der Waals surface area contributed by atoms with Gasteiger partial charge in [-0.25, -0.2) is 4.79 Å². The van der Waals surface area contributed by atoms with Gasteiger partial charge in [-0.05, 0) is 35.7 Å². The molecule has 25 heavy (non-hydrogen) atoms. The number of carboxylic acids is 1. The number of ether oxygens (including phenoxy) is 1. The predicted molar refractivity (Wildman–Crippen MR) is 95.6 cm³/mol. The van der Waals surface area contributed by atoms with Gasteiger partial charge in [0.05, 0.1) is 7.11 Å². The molecular weight excluding hydrogens is 318 g/mol. The molecule has 0 fully saturated rings. The Bertz CT molecular complexity index is 710. The molecule has 1 amide bonds. The van der Waals surface area contributed by atoms with E-state index in [4.69, 9.17) is 4.74 Å². The Hall–Kier alpha value is -2.82. The molecule has 0 saturated heterocycles. The summed E-state index contributed by atoms with van der Waals surface area (Å²) in [5.74, 6) is -0.808. The van der Waals surface area contributed by atoms with Crippen molar-refractivity contribution < 1.29 is 19.4 Å². The molecule has 132 valence electrons. The number of nitrogens with zero attached hydrogens (tertiary/aromatic N) is 1. The van der Waals surface area contributed by atoms with Gasteiger partial charge in [0.15, 0.2) is 0 Å². The molecule has 2 aromatic rings. The predicted octanol–water partition coefficient (Wildman–Crippen LogP) is 3.45. The fourth-order valence-corrected chi connectivity index (χ4v) is 2.75. The Labute approximate surface area is 147 Å². The second-order valence-corrected chi connectivity index (χ2v) is 6.17. The molecule has 0 bridgehead atoms. The van der Waals surface area contributed by atoms with Gasteiger partial charge in [0.2, 0.25) is 0 Å². The van der Waals surface area contributed by atoms with Crippen molar-refractivity contribution in [2.75, 3.05) is 7.11 Å². The van der Waals surface area contributed by atoms with E-state index in [1.54, 1.807) is 57.4 Å². The molecule has 0 radical (unpaired) electrons. The number of methoxy groups -OCH3 is 1. The smallest absolute Gasteiger partial charge is 0.326 e. The Morgan fingerprint density at radius 1 is 1.04 bits per heavy atom. The summed E-state index contributed by atoms with van der Waals surface area (Å²) in [6.07, 6.45) is 0. The molecule has 5 nitrogen and oxygen atoms in total. The summed E-state index contributed by atoms with van der Waals surface area (Å²) in [7, 11) is 1.58. The number of carbonyl (C=O) groups excluding carboxylic acids is 1. The highest BCUT2D eigenvalue weighted by molar-refractivity contribution is 5.96. The number of rotatable bonds is 7. The highest BCUT2D eigenvalue weighted by atomic mass is 16.5. The van der Waals surface area contributed by atoms with E-state index in [0.29, 0.717) is 11.3 Å². The molecule has 0 aliphatic carbocycles. The van der Waals surface area contributed by atoms with Crippen LogP contribution in [0.4, 0.5) is 0 Å². The number of hydrogen-bond acceptors (Lipinski definition) is 3. The van der Waals surface area contributed by atoms with Crippen LogP contribution in [0.5, 0.6) is 5.75 Å². The van der Waals surface area contributed by atoms with Crippen LogP contribution in [-0.4, -0.2) is 35.0 Å². The first-order valence-electron chi connectivity index (χ1n) is 8.15. The lowest BCUT2D eigenvalue weighted by Gasteiger charge is -2.31. The SMILES string of the molecule is COc1ccc(CN(C(=O)c2ccccc2)C(C(=O)O)C(C)C)cc1. The third kappa shape index (κ3) is 4.59. The van der Waals surface area contributed by atoms with Gasteiger partial charge in [-0.15, -0.1) is 0 Å². The number of hydrogen-bond donors (Lipinski definition) is 1. The third-order valence-electron chi connectivity index (χ3n) is 4.01. The Kier molecular flexibility index (Phi) is 6.17. The zero-order valence-electron chi connectivity index (χ0n) is 14.7. The van der Waals surface area contributed by atoms with Crippen LogP contribution in [0.1, 0.15) is 29.8 Å². The molecule has 0 spiro atoms. The number of amides is 1. The summed E-state index contributed by atoms with van der Waals surface area (Å²) in [4.78, 5) is 26.2. The van der Waals surface area contributed by atoms with E-state index in [0.717, 1.165) is 5.56 Å². The van der Waals surface area contributed by atoms with E-state index in [2.05, 4.69) is 0 Å². The first-order valence-corrected chi connectivity index (χ1v) is 8.15. The van der Waals surface area contributed by atoms with E-state index < -0.39 is 12.0 Å². The first-order chi connectivity index (χ1) is 11.9. The van der Waals surface area contributed by atoms with Gasteiger partial charge < -0.3 is 14.7 Å². The quantitative estimate of drug-likeness (QED) is 0.838. The summed E-state index contributed by atoms with van der Waals surface area (Å²) in [5, 5.41) is 9.66. The van der Waals surface area contributed by atoms with Crippen LogP contribution in [0.3, 0.4) is 0 Å². The van der Waals surface area contributed by atoms with E-state index in [1.165, 1.54) is 4.90 Å². The van der Waals surface area contributed by atoms with Gasteiger partial charge in [-0.2, -0.15) is 0 Å². The van der Waals surface area contributed by atoms with Gasteiger partial charge in [-0.3, -0.25) is 4.79 Å². The molecule has 0 aliphatic heterocycles. The first kappa shape index (κ1) is 18.5. The van der Waals surface area contributed by atoms with Crippen molar-refractivity contribution in [2.24, 2.45) is 5.92 Å².